The molecular formula is C15H19NO2S. The number of benzene rings is 1. The van der Waals surface area contributed by atoms with E-state index < -0.39 is 0 Å². The number of esters is 1. The topological polar surface area (TPSA) is 50.1 Å². The first kappa shape index (κ1) is 15.6. The molecule has 4 heteroatoms. The summed E-state index contributed by atoms with van der Waals surface area (Å²) in [5, 5.41) is 8.44. The first-order valence-corrected chi connectivity index (χ1v) is 7.53. The number of carbonyl (C=O) groups excluding carboxylic acids is 1. The minimum Gasteiger partial charge on any atom is -0.459 e. The molecule has 0 aliphatic rings. The van der Waals surface area contributed by atoms with Crippen molar-refractivity contribution in [1.82, 2.24) is 0 Å². The Morgan fingerprint density at radius 2 is 2.26 bits per heavy atom. The summed E-state index contributed by atoms with van der Waals surface area (Å²) in [4.78, 5) is 11.8. The summed E-state index contributed by atoms with van der Waals surface area (Å²) >= 11 is 1.78. The average molecular weight is 277 g/mol. The second-order valence-corrected chi connectivity index (χ2v) is 5.57. The second kappa shape index (κ2) is 8.60. The number of nitriles is 1. The highest BCUT2D eigenvalue weighted by Gasteiger charge is 2.09. The van der Waals surface area contributed by atoms with E-state index in [-0.39, 0.29) is 12.1 Å². The molecule has 0 atom stereocenters. The van der Waals surface area contributed by atoms with Crippen LogP contribution >= 0.6 is 11.8 Å². The summed E-state index contributed by atoms with van der Waals surface area (Å²) in [7, 11) is 0. The molecule has 1 aromatic rings. The Morgan fingerprint density at radius 3 is 2.95 bits per heavy atom. The van der Waals surface area contributed by atoms with Gasteiger partial charge in [0, 0.05) is 12.2 Å². The number of thioether (sulfide) groups is 1. The maximum atomic E-state index is 11.8. The molecule has 0 N–H and O–H groups in total. The summed E-state index contributed by atoms with van der Waals surface area (Å²) in [5.41, 5.74) is 1.71. The van der Waals surface area contributed by atoms with E-state index in [2.05, 4.69) is 6.07 Å². The van der Waals surface area contributed by atoms with Crippen molar-refractivity contribution in [1.29, 1.82) is 5.26 Å². The van der Waals surface area contributed by atoms with Gasteiger partial charge in [-0.15, -0.1) is 0 Å². The van der Waals surface area contributed by atoms with Crippen molar-refractivity contribution in [3.63, 3.8) is 0 Å². The number of nitrogens with zero attached hydrogens (tertiary/aromatic N) is 1. The molecule has 0 spiro atoms. The lowest BCUT2D eigenvalue weighted by molar-refractivity contribution is 0.0378. The predicted octanol–water partition coefficient (Wildman–Crippen LogP) is 3.79. The van der Waals surface area contributed by atoms with Gasteiger partial charge in [-0.2, -0.15) is 17.0 Å². The van der Waals surface area contributed by atoms with E-state index in [1.54, 1.807) is 17.8 Å². The fraction of sp³-hybridized carbons (Fsp3) is 0.467. The lowest BCUT2D eigenvalue weighted by Crippen LogP contribution is -2.11. The predicted molar refractivity (Wildman–Crippen MR) is 78.0 cm³/mol. The average Bonchev–Trinajstić information content (AvgIpc) is 2.38. The van der Waals surface area contributed by atoms with Crippen LogP contribution in [0.1, 0.15) is 42.6 Å². The van der Waals surface area contributed by atoms with Gasteiger partial charge in [0.15, 0.2) is 0 Å². The number of carbonyl (C=O) groups is 1. The second-order valence-electron chi connectivity index (χ2n) is 4.47. The Bertz CT molecular complexity index is 452. The van der Waals surface area contributed by atoms with E-state index in [9.17, 15) is 4.79 Å². The third kappa shape index (κ3) is 6.30. The van der Waals surface area contributed by atoms with Crippen LogP contribution in [0.2, 0.25) is 0 Å². The Hall–Kier alpha value is -1.47. The molecule has 0 aliphatic carbocycles. The van der Waals surface area contributed by atoms with E-state index >= 15 is 0 Å². The van der Waals surface area contributed by atoms with Gasteiger partial charge < -0.3 is 4.74 Å². The molecular weight excluding hydrogens is 258 g/mol. The van der Waals surface area contributed by atoms with Gasteiger partial charge >= 0.3 is 5.97 Å². The van der Waals surface area contributed by atoms with E-state index in [4.69, 9.17) is 10.00 Å². The van der Waals surface area contributed by atoms with Crippen LogP contribution in [-0.4, -0.2) is 17.8 Å². The summed E-state index contributed by atoms with van der Waals surface area (Å²) < 4.78 is 5.17. The molecule has 0 fully saturated rings. The van der Waals surface area contributed by atoms with Crippen molar-refractivity contribution in [3.8, 4) is 6.07 Å². The van der Waals surface area contributed by atoms with E-state index in [1.807, 2.05) is 32.0 Å². The molecule has 0 saturated carbocycles. The summed E-state index contributed by atoms with van der Waals surface area (Å²) in [6, 6.07) is 9.66. The van der Waals surface area contributed by atoms with Crippen LogP contribution in [0.5, 0.6) is 0 Å². The fourth-order valence-electron chi connectivity index (χ4n) is 1.51. The molecule has 0 unspecified atom stereocenters. The van der Waals surface area contributed by atoms with Gasteiger partial charge in [-0.3, -0.25) is 0 Å². The van der Waals surface area contributed by atoms with E-state index in [0.717, 1.165) is 23.5 Å². The van der Waals surface area contributed by atoms with Crippen molar-refractivity contribution in [2.75, 3.05) is 5.75 Å². The van der Waals surface area contributed by atoms with Crippen molar-refractivity contribution >= 4 is 17.7 Å². The molecule has 0 heterocycles. The maximum Gasteiger partial charge on any atom is 0.338 e. The van der Waals surface area contributed by atoms with E-state index in [1.165, 1.54) is 0 Å². The lowest BCUT2D eigenvalue weighted by atomic mass is 10.1. The first-order chi connectivity index (χ1) is 9.13. The molecule has 0 amide bonds. The molecule has 0 radical (unpaired) electrons. The van der Waals surface area contributed by atoms with Crippen LogP contribution in [0.15, 0.2) is 24.3 Å². The van der Waals surface area contributed by atoms with Gasteiger partial charge in [-0.1, -0.05) is 12.1 Å². The molecule has 0 saturated heterocycles. The van der Waals surface area contributed by atoms with Crippen molar-refractivity contribution in [3.05, 3.63) is 35.4 Å². The summed E-state index contributed by atoms with van der Waals surface area (Å²) in [6.07, 6.45) is 1.42. The summed E-state index contributed by atoms with van der Waals surface area (Å²) in [6.45, 7) is 3.68. The van der Waals surface area contributed by atoms with Crippen molar-refractivity contribution < 1.29 is 9.53 Å². The molecule has 3 nitrogen and oxygen atoms in total. The quantitative estimate of drug-likeness (QED) is 0.562. The Labute approximate surface area is 119 Å². The molecule has 0 aliphatic heterocycles. The smallest absolute Gasteiger partial charge is 0.338 e. The zero-order valence-electron chi connectivity index (χ0n) is 11.4. The summed E-state index contributed by atoms with van der Waals surface area (Å²) in [5.74, 6) is 1.55. The third-order valence-corrected chi connectivity index (χ3v) is 3.47. The molecule has 0 aromatic heterocycles. The van der Waals surface area contributed by atoms with Crippen molar-refractivity contribution in [2.24, 2.45) is 0 Å². The normalized spacial score (nSPS) is 10.2. The lowest BCUT2D eigenvalue weighted by Gasteiger charge is -2.08. The third-order valence-electron chi connectivity index (χ3n) is 2.35. The molecule has 0 bridgehead atoms. The monoisotopic (exact) mass is 277 g/mol. The highest BCUT2D eigenvalue weighted by atomic mass is 32.2. The Kier molecular flexibility index (Phi) is 7.06. The first-order valence-electron chi connectivity index (χ1n) is 6.38. The van der Waals surface area contributed by atoms with Gasteiger partial charge in [0.05, 0.1) is 17.7 Å². The van der Waals surface area contributed by atoms with Crippen LogP contribution in [0.25, 0.3) is 0 Å². The zero-order valence-corrected chi connectivity index (χ0v) is 12.2. The molecule has 19 heavy (non-hydrogen) atoms. The van der Waals surface area contributed by atoms with E-state index in [0.29, 0.717) is 12.0 Å². The minimum absolute atomic E-state index is 0.100. The number of hydrogen-bond acceptors (Lipinski definition) is 4. The zero-order chi connectivity index (χ0) is 14.1. The van der Waals surface area contributed by atoms with Crippen LogP contribution in [0.3, 0.4) is 0 Å². The van der Waals surface area contributed by atoms with Gasteiger partial charge in [-0.05, 0) is 43.7 Å². The molecule has 1 aromatic carbocycles. The fourth-order valence-corrected chi connectivity index (χ4v) is 2.42. The Morgan fingerprint density at radius 1 is 1.47 bits per heavy atom. The van der Waals surface area contributed by atoms with Gasteiger partial charge in [-0.25, -0.2) is 4.79 Å². The Balaban J connectivity index is 2.48. The minimum atomic E-state index is -0.272. The number of rotatable bonds is 7. The maximum absolute atomic E-state index is 11.8. The van der Waals surface area contributed by atoms with Crippen LogP contribution in [0.4, 0.5) is 0 Å². The van der Waals surface area contributed by atoms with Crippen LogP contribution in [0, 0.1) is 11.3 Å². The van der Waals surface area contributed by atoms with Gasteiger partial charge in [0.25, 0.3) is 0 Å². The van der Waals surface area contributed by atoms with Crippen LogP contribution in [-0.2, 0) is 10.5 Å². The van der Waals surface area contributed by atoms with Crippen LogP contribution < -0.4 is 0 Å². The van der Waals surface area contributed by atoms with Crippen molar-refractivity contribution in [2.45, 2.75) is 38.5 Å². The van der Waals surface area contributed by atoms with Gasteiger partial charge in [0.1, 0.15) is 0 Å². The molecule has 102 valence electrons. The SMILES string of the molecule is CC(C)OC(=O)c1cccc(CSCCCC#N)c1. The van der Waals surface area contributed by atoms with Gasteiger partial charge in [0.2, 0.25) is 0 Å². The number of hydrogen-bond donors (Lipinski definition) is 0. The standard InChI is InChI=1S/C15H19NO2S/c1-12(2)18-15(17)14-7-5-6-13(10-14)11-19-9-4-3-8-16/h5-7,10,12H,3-4,9,11H2,1-2H3. The number of unbranched alkanes of at least 4 members (excludes halogenated alkanes) is 1. The largest absolute Gasteiger partial charge is 0.459 e. The highest BCUT2D eigenvalue weighted by molar-refractivity contribution is 7.98. The number of ether oxygens (including phenoxy) is 1. The highest BCUT2D eigenvalue weighted by Crippen LogP contribution is 2.16. The molecule has 1 rings (SSSR count).